The first-order chi connectivity index (χ1) is 12.6. The van der Waals surface area contributed by atoms with E-state index in [1.165, 1.54) is 11.0 Å². The Balaban J connectivity index is 1.54. The average molecular weight is 349 g/mol. The second-order valence-electron chi connectivity index (χ2n) is 6.22. The number of rotatable bonds is 3. The van der Waals surface area contributed by atoms with E-state index < -0.39 is 11.7 Å². The average Bonchev–Trinajstić information content (AvgIpc) is 3.04. The molecule has 1 aliphatic rings. The molecule has 0 saturated carbocycles. The summed E-state index contributed by atoms with van der Waals surface area (Å²) in [5.41, 5.74) is 1.64. The third-order valence-corrected chi connectivity index (χ3v) is 4.54. The summed E-state index contributed by atoms with van der Waals surface area (Å²) in [6.07, 6.45) is 1.75. The zero-order chi connectivity index (χ0) is 18.1. The number of carbonyl (C=O) groups is 2. The van der Waals surface area contributed by atoms with Crippen LogP contribution in [0.2, 0.25) is 0 Å². The van der Waals surface area contributed by atoms with Crippen molar-refractivity contribution in [2.75, 3.05) is 16.8 Å². The number of anilines is 2. The molecule has 1 N–H and O–H groups in total. The molecule has 1 atom stereocenters. The largest absolute Gasteiger partial charge is 0.325 e. The number of nitrogens with zero attached hydrogens (tertiary/aromatic N) is 2. The second-order valence-corrected chi connectivity index (χ2v) is 6.22. The summed E-state index contributed by atoms with van der Waals surface area (Å²) in [5.74, 6) is -1.51. The fourth-order valence-corrected chi connectivity index (χ4v) is 3.23. The van der Waals surface area contributed by atoms with Gasteiger partial charge in [-0.2, -0.15) is 0 Å². The molecule has 0 unspecified atom stereocenters. The number of hydrogen-bond donors (Lipinski definition) is 1. The van der Waals surface area contributed by atoms with Gasteiger partial charge in [0.25, 0.3) is 0 Å². The second kappa shape index (κ2) is 6.55. The number of carbonyl (C=O) groups excluding carboxylic acids is 2. The van der Waals surface area contributed by atoms with Gasteiger partial charge in [0.2, 0.25) is 11.8 Å². The standard InChI is InChI=1S/C20H16FN3O2/c21-15-6-1-2-9-18(15)24-12-13(11-19(24)25)20(26)23-17-8-3-7-16-14(17)5-4-10-22-16/h1-10,13H,11-12H2,(H,23,26)/t13-/m1/s1. The summed E-state index contributed by atoms with van der Waals surface area (Å²) in [6, 6.07) is 15.2. The first-order valence-electron chi connectivity index (χ1n) is 8.33. The van der Waals surface area contributed by atoms with E-state index in [4.69, 9.17) is 0 Å². The van der Waals surface area contributed by atoms with Gasteiger partial charge in [-0.1, -0.05) is 18.2 Å². The molecule has 1 aliphatic heterocycles. The van der Waals surface area contributed by atoms with Crippen LogP contribution in [0, 0.1) is 11.7 Å². The molecule has 6 heteroatoms. The van der Waals surface area contributed by atoms with Gasteiger partial charge in [-0.25, -0.2) is 4.39 Å². The molecule has 4 rings (SSSR count). The number of halogens is 1. The predicted molar refractivity (Wildman–Crippen MR) is 97.2 cm³/mol. The fourth-order valence-electron chi connectivity index (χ4n) is 3.23. The molecule has 2 heterocycles. The van der Waals surface area contributed by atoms with Crippen molar-refractivity contribution in [2.24, 2.45) is 5.92 Å². The highest BCUT2D eigenvalue weighted by Crippen LogP contribution is 2.29. The molecule has 0 aliphatic carbocycles. The van der Waals surface area contributed by atoms with Crippen molar-refractivity contribution in [3.63, 3.8) is 0 Å². The van der Waals surface area contributed by atoms with Crippen LogP contribution in [0.4, 0.5) is 15.8 Å². The maximum Gasteiger partial charge on any atom is 0.229 e. The number of nitrogens with one attached hydrogen (secondary N) is 1. The lowest BCUT2D eigenvalue weighted by Crippen LogP contribution is -2.28. The normalized spacial score (nSPS) is 16.9. The fraction of sp³-hybridized carbons (Fsp3) is 0.150. The lowest BCUT2D eigenvalue weighted by Gasteiger charge is -2.17. The highest BCUT2D eigenvalue weighted by molar-refractivity contribution is 6.06. The minimum atomic E-state index is -0.533. The van der Waals surface area contributed by atoms with Crippen LogP contribution in [-0.2, 0) is 9.59 Å². The molecule has 2 aromatic carbocycles. The van der Waals surface area contributed by atoms with E-state index in [1.54, 1.807) is 36.5 Å². The smallest absolute Gasteiger partial charge is 0.229 e. The van der Waals surface area contributed by atoms with Crippen LogP contribution in [0.15, 0.2) is 60.8 Å². The van der Waals surface area contributed by atoms with Gasteiger partial charge in [-0.3, -0.25) is 14.6 Å². The Hall–Kier alpha value is -3.28. The van der Waals surface area contributed by atoms with Crippen molar-refractivity contribution in [1.82, 2.24) is 4.98 Å². The highest BCUT2D eigenvalue weighted by atomic mass is 19.1. The summed E-state index contributed by atoms with van der Waals surface area (Å²) in [7, 11) is 0. The van der Waals surface area contributed by atoms with Gasteiger partial charge in [-0.15, -0.1) is 0 Å². The number of pyridine rings is 1. The summed E-state index contributed by atoms with van der Waals surface area (Å²) in [4.78, 5) is 30.5. The van der Waals surface area contributed by atoms with Crippen LogP contribution in [0.5, 0.6) is 0 Å². The van der Waals surface area contributed by atoms with Crippen molar-refractivity contribution in [3.05, 3.63) is 66.6 Å². The molecule has 5 nitrogen and oxygen atoms in total. The van der Waals surface area contributed by atoms with Crippen molar-refractivity contribution < 1.29 is 14.0 Å². The molecule has 0 bridgehead atoms. The monoisotopic (exact) mass is 349 g/mol. The molecule has 1 aromatic heterocycles. The zero-order valence-corrected chi connectivity index (χ0v) is 13.9. The van der Waals surface area contributed by atoms with E-state index in [9.17, 15) is 14.0 Å². The third-order valence-electron chi connectivity index (χ3n) is 4.54. The van der Waals surface area contributed by atoms with E-state index in [0.29, 0.717) is 5.69 Å². The minimum absolute atomic E-state index is 0.0587. The Labute approximate surface area is 149 Å². The number of benzene rings is 2. The molecule has 3 aromatic rings. The first-order valence-corrected chi connectivity index (χ1v) is 8.33. The number of fused-ring (bicyclic) bond motifs is 1. The van der Waals surface area contributed by atoms with Crippen molar-refractivity contribution in [2.45, 2.75) is 6.42 Å². The van der Waals surface area contributed by atoms with Gasteiger partial charge in [0, 0.05) is 24.5 Å². The first kappa shape index (κ1) is 16.2. The summed E-state index contributed by atoms with van der Waals surface area (Å²) < 4.78 is 14.0. The molecule has 1 saturated heterocycles. The highest BCUT2D eigenvalue weighted by Gasteiger charge is 2.36. The van der Waals surface area contributed by atoms with Crippen LogP contribution < -0.4 is 10.2 Å². The lowest BCUT2D eigenvalue weighted by atomic mass is 10.1. The topological polar surface area (TPSA) is 62.3 Å². The Kier molecular flexibility index (Phi) is 4.08. The lowest BCUT2D eigenvalue weighted by molar-refractivity contribution is -0.122. The Morgan fingerprint density at radius 2 is 1.96 bits per heavy atom. The molecule has 130 valence electrons. The number of amides is 2. The molecular formula is C20H16FN3O2. The predicted octanol–water partition coefficient (Wildman–Crippen LogP) is 3.37. The van der Waals surface area contributed by atoms with Crippen molar-refractivity contribution in [1.29, 1.82) is 0 Å². The van der Waals surface area contributed by atoms with Crippen molar-refractivity contribution in [3.8, 4) is 0 Å². The van der Waals surface area contributed by atoms with Crippen LogP contribution in [0.25, 0.3) is 10.9 Å². The molecular weight excluding hydrogens is 333 g/mol. The van der Waals surface area contributed by atoms with Crippen LogP contribution in [0.1, 0.15) is 6.42 Å². The van der Waals surface area contributed by atoms with Crippen LogP contribution in [0.3, 0.4) is 0 Å². The van der Waals surface area contributed by atoms with Crippen LogP contribution in [-0.4, -0.2) is 23.3 Å². The Bertz CT molecular complexity index is 1000. The van der Waals surface area contributed by atoms with E-state index in [0.717, 1.165) is 10.9 Å². The van der Waals surface area contributed by atoms with Gasteiger partial charge < -0.3 is 10.2 Å². The summed E-state index contributed by atoms with van der Waals surface area (Å²) in [5, 5.41) is 3.71. The summed E-state index contributed by atoms with van der Waals surface area (Å²) in [6.45, 7) is 0.161. The number of hydrogen-bond acceptors (Lipinski definition) is 3. The molecule has 0 spiro atoms. The van der Waals surface area contributed by atoms with Crippen LogP contribution >= 0.6 is 0 Å². The quantitative estimate of drug-likeness (QED) is 0.789. The molecule has 0 radical (unpaired) electrons. The maximum absolute atomic E-state index is 14.0. The zero-order valence-electron chi connectivity index (χ0n) is 13.9. The van der Waals surface area contributed by atoms with E-state index in [1.807, 2.05) is 18.2 Å². The molecule has 26 heavy (non-hydrogen) atoms. The van der Waals surface area contributed by atoms with E-state index >= 15 is 0 Å². The Morgan fingerprint density at radius 1 is 1.12 bits per heavy atom. The minimum Gasteiger partial charge on any atom is -0.325 e. The van der Waals surface area contributed by atoms with Gasteiger partial charge in [0.1, 0.15) is 5.82 Å². The molecule has 2 amide bonds. The van der Waals surface area contributed by atoms with E-state index in [-0.39, 0.29) is 30.5 Å². The Morgan fingerprint density at radius 3 is 2.81 bits per heavy atom. The van der Waals surface area contributed by atoms with Gasteiger partial charge in [0.05, 0.1) is 22.8 Å². The van der Waals surface area contributed by atoms with E-state index in [2.05, 4.69) is 10.3 Å². The summed E-state index contributed by atoms with van der Waals surface area (Å²) >= 11 is 0. The maximum atomic E-state index is 14.0. The van der Waals surface area contributed by atoms with Gasteiger partial charge in [0.15, 0.2) is 0 Å². The van der Waals surface area contributed by atoms with Gasteiger partial charge >= 0.3 is 0 Å². The SMILES string of the molecule is O=C(Nc1cccc2ncccc12)[C@@H]1CC(=O)N(c2ccccc2F)C1. The third kappa shape index (κ3) is 2.90. The molecule has 1 fully saturated rings. The van der Waals surface area contributed by atoms with Crippen molar-refractivity contribution >= 4 is 34.1 Å². The number of aromatic nitrogens is 1. The number of para-hydroxylation sites is 1. The van der Waals surface area contributed by atoms with Gasteiger partial charge in [-0.05, 0) is 36.4 Å².